The molecule has 1 aromatic heterocycles. The van der Waals surface area contributed by atoms with Crippen LogP contribution >= 0.6 is 0 Å². The minimum Gasteiger partial charge on any atom is -0.495 e. The molecule has 1 saturated heterocycles. The second-order valence-electron chi connectivity index (χ2n) is 5.81. The Morgan fingerprint density at radius 1 is 1.39 bits per heavy atom. The molecular formula is C17H22N4O2. The highest BCUT2D eigenvalue weighted by atomic mass is 16.5. The molecule has 0 radical (unpaired) electrons. The normalized spacial score (nSPS) is 15.4. The van der Waals surface area contributed by atoms with Gasteiger partial charge in [-0.1, -0.05) is 0 Å². The van der Waals surface area contributed by atoms with Gasteiger partial charge in [-0.05, 0) is 51.1 Å². The standard InChI is InChI=1S/C17H22N4O2/c1-12-10-21(11-19-12)15-4-3-13(9-16(15)23-2)17(22)20-14-5-7-18-8-6-14/h3-4,9-11,14,18H,5-8H2,1-2H3,(H,20,22). The number of nitrogens with one attached hydrogen (secondary N) is 2. The van der Waals surface area contributed by atoms with Crippen LogP contribution in [0.1, 0.15) is 28.9 Å². The molecule has 122 valence electrons. The summed E-state index contributed by atoms with van der Waals surface area (Å²) in [7, 11) is 1.61. The molecule has 2 heterocycles. The molecule has 23 heavy (non-hydrogen) atoms. The number of hydrogen-bond donors (Lipinski definition) is 2. The Hall–Kier alpha value is -2.34. The molecule has 1 fully saturated rings. The van der Waals surface area contributed by atoms with E-state index in [-0.39, 0.29) is 11.9 Å². The highest BCUT2D eigenvalue weighted by molar-refractivity contribution is 5.95. The molecule has 0 spiro atoms. The molecule has 0 unspecified atom stereocenters. The lowest BCUT2D eigenvalue weighted by atomic mass is 10.1. The van der Waals surface area contributed by atoms with Crippen LogP contribution in [0.2, 0.25) is 0 Å². The van der Waals surface area contributed by atoms with Crippen molar-refractivity contribution in [3.63, 3.8) is 0 Å². The quantitative estimate of drug-likeness (QED) is 0.901. The maximum Gasteiger partial charge on any atom is 0.251 e. The van der Waals surface area contributed by atoms with E-state index in [4.69, 9.17) is 4.74 Å². The Kier molecular flexibility index (Phi) is 4.62. The van der Waals surface area contributed by atoms with E-state index in [0.717, 1.165) is 37.3 Å². The lowest BCUT2D eigenvalue weighted by molar-refractivity contribution is 0.0929. The molecule has 1 aromatic carbocycles. The number of ether oxygens (including phenoxy) is 1. The third kappa shape index (κ3) is 3.53. The molecule has 3 rings (SSSR count). The van der Waals surface area contributed by atoms with Crippen molar-refractivity contribution in [2.24, 2.45) is 0 Å². The van der Waals surface area contributed by atoms with Crippen molar-refractivity contribution >= 4 is 5.91 Å². The molecule has 1 amide bonds. The fourth-order valence-electron chi connectivity index (χ4n) is 2.82. The molecule has 6 heteroatoms. The molecule has 0 atom stereocenters. The monoisotopic (exact) mass is 314 g/mol. The summed E-state index contributed by atoms with van der Waals surface area (Å²) in [6.45, 7) is 3.84. The van der Waals surface area contributed by atoms with Gasteiger partial charge in [0.25, 0.3) is 5.91 Å². The lowest BCUT2D eigenvalue weighted by Crippen LogP contribution is -2.42. The molecule has 1 aliphatic heterocycles. The summed E-state index contributed by atoms with van der Waals surface area (Å²) in [6, 6.07) is 5.73. The SMILES string of the molecule is COc1cc(C(=O)NC2CCNCC2)ccc1-n1cnc(C)c1. The molecule has 0 saturated carbocycles. The number of rotatable bonds is 4. The average Bonchev–Trinajstić information content (AvgIpc) is 3.01. The van der Waals surface area contributed by atoms with Crippen LogP contribution in [0, 0.1) is 6.92 Å². The Balaban J connectivity index is 1.79. The van der Waals surface area contributed by atoms with Gasteiger partial charge in [0.1, 0.15) is 5.75 Å². The topological polar surface area (TPSA) is 68.2 Å². The zero-order chi connectivity index (χ0) is 16.2. The van der Waals surface area contributed by atoms with Gasteiger partial charge >= 0.3 is 0 Å². The summed E-state index contributed by atoms with van der Waals surface area (Å²) in [5.74, 6) is 0.601. The summed E-state index contributed by atoms with van der Waals surface area (Å²) < 4.78 is 7.34. The first-order valence-corrected chi connectivity index (χ1v) is 7.88. The Bertz CT molecular complexity index is 690. The Labute approximate surface area is 135 Å². The van der Waals surface area contributed by atoms with Crippen molar-refractivity contribution in [2.75, 3.05) is 20.2 Å². The van der Waals surface area contributed by atoms with E-state index < -0.39 is 0 Å². The summed E-state index contributed by atoms with van der Waals surface area (Å²) >= 11 is 0. The number of carbonyl (C=O) groups is 1. The summed E-state index contributed by atoms with van der Waals surface area (Å²) in [5, 5.41) is 6.39. The number of aryl methyl sites for hydroxylation is 1. The van der Waals surface area contributed by atoms with Gasteiger partial charge in [-0.15, -0.1) is 0 Å². The number of amides is 1. The molecule has 2 N–H and O–H groups in total. The number of imidazole rings is 1. The van der Waals surface area contributed by atoms with Gasteiger partial charge in [-0.3, -0.25) is 4.79 Å². The number of methoxy groups -OCH3 is 1. The molecule has 1 aliphatic rings. The van der Waals surface area contributed by atoms with E-state index in [9.17, 15) is 4.79 Å². The molecule has 2 aromatic rings. The van der Waals surface area contributed by atoms with Gasteiger partial charge in [0, 0.05) is 17.8 Å². The van der Waals surface area contributed by atoms with Gasteiger partial charge in [-0.2, -0.15) is 0 Å². The van der Waals surface area contributed by atoms with Crippen LogP contribution in [0.25, 0.3) is 5.69 Å². The number of piperidine rings is 1. The second kappa shape index (κ2) is 6.83. The zero-order valence-corrected chi connectivity index (χ0v) is 13.5. The van der Waals surface area contributed by atoms with E-state index in [0.29, 0.717) is 11.3 Å². The van der Waals surface area contributed by atoms with E-state index >= 15 is 0 Å². The molecule has 0 aliphatic carbocycles. The van der Waals surface area contributed by atoms with Crippen molar-refractivity contribution in [3.05, 3.63) is 42.0 Å². The third-order valence-electron chi connectivity index (χ3n) is 4.11. The predicted molar refractivity (Wildman–Crippen MR) is 88.2 cm³/mol. The van der Waals surface area contributed by atoms with Gasteiger partial charge < -0.3 is 19.9 Å². The number of benzene rings is 1. The van der Waals surface area contributed by atoms with E-state index in [1.54, 1.807) is 19.5 Å². The van der Waals surface area contributed by atoms with Crippen LogP contribution in [-0.2, 0) is 0 Å². The number of aromatic nitrogens is 2. The third-order valence-corrected chi connectivity index (χ3v) is 4.11. The summed E-state index contributed by atoms with van der Waals surface area (Å²) in [4.78, 5) is 16.7. The summed E-state index contributed by atoms with van der Waals surface area (Å²) in [6.07, 6.45) is 5.60. The molecule has 0 bridgehead atoms. The smallest absolute Gasteiger partial charge is 0.251 e. The molecular weight excluding hydrogens is 292 g/mol. The lowest BCUT2D eigenvalue weighted by Gasteiger charge is -2.23. The first-order valence-electron chi connectivity index (χ1n) is 7.88. The Morgan fingerprint density at radius 2 is 2.17 bits per heavy atom. The fraction of sp³-hybridized carbons (Fsp3) is 0.412. The van der Waals surface area contributed by atoms with Crippen LogP contribution in [0.4, 0.5) is 0 Å². The van der Waals surface area contributed by atoms with Gasteiger partial charge in [0.15, 0.2) is 0 Å². The average molecular weight is 314 g/mol. The van der Waals surface area contributed by atoms with E-state index in [1.807, 2.05) is 29.8 Å². The van der Waals surface area contributed by atoms with Crippen LogP contribution in [0.3, 0.4) is 0 Å². The van der Waals surface area contributed by atoms with Crippen molar-refractivity contribution < 1.29 is 9.53 Å². The van der Waals surface area contributed by atoms with Crippen molar-refractivity contribution in [1.29, 1.82) is 0 Å². The van der Waals surface area contributed by atoms with Crippen LogP contribution in [0.5, 0.6) is 5.75 Å². The first-order chi connectivity index (χ1) is 11.2. The minimum absolute atomic E-state index is 0.0523. The maximum atomic E-state index is 12.4. The number of nitrogens with zero attached hydrogens (tertiary/aromatic N) is 2. The Morgan fingerprint density at radius 3 is 2.83 bits per heavy atom. The zero-order valence-electron chi connectivity index (χ0n) is 13.5. The largest absolute Gasteiger partial charge is 0.495 e. The molecule has 6 nitrogen and oxygen atoms in total. The van der Waals surface area contributed by atoms with E-state index in [2.05, 4.69) is 15.6 Å². The fourth-order valence-corrected chi connectivity index (χ4v) is 2.82. The van der Waals surface area contributed by atoms with Crippen LogP contribution in [-0.4, -0.2) is 41.7 Å². The van der Waals surface area contributed by atoms with Gasteiger partial charge in [-0.25, -0.2) is 4.98 Å². The van der Waals surface area contributed by atoms with Gasteiger partial charge in [0.2, 0.25) is 0 Å². The highest BCUT2D eigenvalue weighted by Gasteiger charge is 2.17. The second-order valence-corrected chi connectivity index (χ2v) is 5.81. The van der Waals surface area contributed by atoms with Gasteiger partial charge in [0.05, 0.1) is 24.8 Å². The minimum atomic E-state index is -0.0523. The highest BCUT2D eigenvalue weighted by Crippen LogP contribution is 2.24. The van der Waals surface area contributed by atoms with Crippen molar-refractivity contribution in [3.8, 4) is 11.4 Å². The number of carbonyl (C=O) groups excluding carboxylic acids is 1. The van der Waals surface area contributed by atoms with Crippen molar-refractivity contribution in [1.82, 2.24) is 20.2 Å². The number of hydrogen-bond acceptors (Lipinski definition) is 4. The van der Waals surface area contributed by atoms with Crippen LogP contribution in [0.15, 0.2) is 30.7 Å². The van der Waals surface area contributed by atoms with Crippen molar-refractivity contribution in [2.45, 2.75) is 25.8 Å². The maximum absolute atomic E-state index is 12.4. The summed E-state index contributed by atoms with van der Waals surface area (Å²) in [5.41, 5.74) is 2.41. The van der Waals surface area contributed by atoms with E-state index in [1.165, 1.54) is 0 Å². The van der Waals surface area contributed by atoms with Crippen LogP contribution < -0.4 is 15.4 Å². The first kappa shape index (κ1) is 15.6. The predicted octanol–water partition coefficient (Wildman–Crippen LogP) is 1.67.